The highest BCUT2D eigenvalue weighted by Gasteiger charge is 2.52. The maximum atomic E-state index is 13.3. The third-order valence-corrected chi connectivity index (χ3v) is 12.4. The van der Waals surface area contributed by atoms with Gasteiger partial charge in [-0.1, -0.05) is 13.3 Å². The molecule has 0 radical (unpaired) electrons. The molecule has 0 saturated carbocycles. The third-order valence-electron chi connectivity index (χ3n) is 9.55. The number of imidazole rings is 1. The van der Waals surface area contributed by atoms with Crippen molar-refractivity contribution in [2.24, 2.45) is 7.05 Å². The van der Waals surface area contributed by atoms with Crippen molar-refractivity contribution in [2.45, 2.75) is 56.1 Å². The van der Waals surface area contributed by atoms with Gasteiger partial charge in [0.2, 0.25) is 16.0 Å². The van der Waals surface area contributed by atoms with Crippen LogP contribution in [0.1, 0.15) is 32.2 Å². The number of H-pyrrole nitrogens is 2. The van der Waals surface area contributed by atoms with Crippen LogP contribution in [0.2, 0.25) is 0 Å². The molecule has 302 valence electrons. The lowest BCUT2D eigenvalue weighted by molar-refractivity contribution is -0.0664. The molecule has 3 saturated heterocycles. The predicted molar refractivity (Wildman–Crippen MR) is 199 cm³/mol. The van der Waals surface area contributed by atoms with E-state index in [1.807, 2.05) is 20.9 Å². The Morgan fingerprint density at radius 3 is 2.54 bits per heavy atom. The van der Waals surface area contributed by atoms with Gasteiger partial charge in [0.15, 0.2) is 22.9 Å². The van der Waals surface area contributed by atoms with Crippen molar-refractivity contribution in [1.29, 1.82) is 0 Å². The number of nitrogens with zero attached hydrogens (tertiary/aromatic N) is 8. The second kappa shape index (κ2) is 15.4. The number of anilines is 1. The summed E-state index contributed by atoms with van der Waals surface area (Å²) >= 11 is 0. The number of likely N-dealkylation sites (N-methyl/N-ethyl adjacent to an activating group) is 1. The van der Waals surface area contributed by atoms with E-state index in [1.54, 1.807) is 25.2 Å². The zero-order chi connectivity index (χ0) is 40.1. The molecule has 0 aliphatic carbocycles. The van der Waals surface area contributed by atoms with E-state index in [2.05, 4.69) is 34.5 Å². The topological polar surface area (TPSA) is 288 Å². The summed E-state index contributed by atoms with van der Waals surface area (Å²) in [5, 5.41) is 14.8. The number of sulfonamides is 1. The van der Waals surface area contributed by atoms with Crippen LogP contribution in [0.15, 0.2) is 39.0 Å². The summed E-state index contributed by atoms with van der Waals surface area (Å²) in [6.45, 7) is 6.27. The number of fused-ring (bicyclic) bond motifs is 3. The molecule has 4 aromatic heterocycles. The molecule has 5 aromatic rings. The Labute approximate surface area is 318 Å². The highest BCUT2D eigenvalue weighted by atomic mass is 32.2. The number of hydrogen-bond donors (Lipinski definition) is 5. The minimum atomic E-state index is -4.22. The van der Waals surface area contributed by atoms with Gasteiger partial charge in [0.25, 0.3) is 11.1 Å². The first kappa shape index (κ1) is 39.6. The minimum Gasteiger partial charge on any atom is -0.493 e. The smallest absolute Gasteiger partial charge is 0.472 e. The van der Waals surface area contributed by atoms with E-state index in [1.165, 1.54) is 19.9 Å². The average molecular weight is 820 g/mol. The summed E-state index contributed by atoms with van der Waals surface area (Å²) < 4.78 is 63.3. The Kier molecular flexibility index (Phi) is 10.9. The number of hydrogen-bond acceptors (Lipinski definition) is 16. The van der Waals surface area contributed by atoms with Gasteiger partial charge in [0, 0.05) is 33.2 Å². The van der Waals surface area contributed by atoms with Gasteiger partial charge in [-0.3, -0.25) is 32.9 Å². The minimum absolute atomic E-state index is 0.0230. The highest BCUT2D eigenvalue weighted by Crippen LogP contribution is 2.52. The summed E-state index contributed by atoms with van der Waals surface area (Å²) in [6.07, 6.45) is -1.31. The number of nitrogens with one attached hydrogen (secondary N) is 2. The van der Waals surface area contributed by atoms with E-state index in [0.29, 0.717) is 61.6 Å². The number of aliphatic hydroxyl groups excluding tert-OH is 1. The number of ether oxygens (including phenoxy) is 2. The van der Waals surface area contributed by atoms with Crippen molar-refractivity contribution in [1.82, 2.24) is 48.5 Å². The van der Waals surface area contributed by atoms with Crippen molar-refractivity contribution < 1.29 is 41.5 Å². The number of nitrogen functional groups attached to an aromatic ring is 1. The van der Waals surface area contributed by atoms with Crippen LogP contribution in [-0.2, 0) is 41.8 Å². The fourth-order valence-electron chi connectivity index (χ4n) is 6.79. The number of nitrogens with two attached hydrogens (primary N) is 1. The van der Waals surface area contributed by atoms with E-state index in [9.17, 15) is 32.6 Å². The van der Waals surface area contributed by atoms with E-state index in [4.69, 9.17) is 24.7 Å². The highest BCUT2D eigenvalue weighted by molar-refractivity contribution is 7.89. The maximum Gasteiger partial charge on any atom is 0.472 e. The van der Waals surface area contributed by atoms with Gasteiger partial charge in [-0.15, -0.1) is 0 Å². The number of rotatable bonds is 8. The molecule has 56 heavy (non-hydrogen) atoms. The second-order valence-electron chi connectivity index (χ2n) is 13.4. The first-order valence-electron chi connectivity index (χ1n) is 17.7. The number of aromatic amines is 2. The maximum absolute atomic E-state index is 13.3. The number of aryl methyl sites for hydroxylation is 2. The SMILES string of the molecule is CCCc1nn(C)c2c(=O)[nH]c(-c3cc(S(=O)(=O)N4CCN(C)CC4)ccc3OCC)nc12.Nc1nc2c(ncn2[C@@H]2O[C@@H]3COP(=O)(O)O[C@H]3[C@H]2O)c(=O)[nH]1. The lowest BCUT2D eigenvalue weighted by atomic mass is 10.1. The summed E-state index contributed by atoms with van der Waals surface area (Å²) in [7, 11) is -4.22. The van der Waals surface area contributed by atoms with E-state index in [0.717, 1.165) is 12.1 Å². The molecule has 0 amide bonds. The molecule has 22 nitrogen and oxygen atoms in total. The van der Waals surface area contributed by atoms with Crippen molar-refractivity contribution >= 4 is 46.0 Å². The Morgan fingerprint density at radius 2 is 1.82 bits per heavy atom. The van der Waals surface area contributed by atoms with Crippen molar-refractivity contribution in [2.75, 3.05) is 52.2 Å². The number of phosphoric acid groups is 1. The number of benzene rings is 1. The van der Waals surface area contributed by atoms with Crippen LogP contribution in [0.3, 0.4) is 0 Å². The van der Waals surface area contributed by atoms with Gasteiger partial charge in [-0.25, -0.2) is 23.0 Å². The molecule has 0 bridgehead atoms. The van der Waals surface area contributed by atoms with Crippen molar-refractivity contribution in [3.63, 3.8) is 0 Å². The van der Waals surface area contributed by atoms with Crippen molar-refractivity contribution in [3.8, 4) is 17.1 Å². The Hall–Kier alpha value is -4.58. The lowest BCUT2D eigenvalue weighted by Crippen LogP contribution is -2.47. The van der Waals surface area contributed by atoms with Crippen LogP contribution in [0, 0.1) is 0 Å². The van der Waals surface area contributed by atoms with E-state index < -0.39 is 47.9 Å². The molecule has 0 spiro atoms. The molecule has 24 heteroatoms. The van der Waals surface area contributed by atoms with E-state index >= 15 is 0 Å². The van der Waals surface area contributed by atoms with Gasteiger partial charge in [-0.05, 0) is 38.6 Å². The van der Waals surface area contributed by atoms with E-state index in [-0.39, 0.29) is 40.0 Å². The molecule has 7 heterocycles. The summed E-state index contributed by atoms with van der Waals surface area (Å²) in [4.78, 5) is 54.0. The van der Waals surface area contributed by atoms with Gasteiger partial charge in [-0.2, -0.15) is 14.4 Å². The zero-order valence-electron chi connectivity index (χ0n) is 30.9. The standard InChI is InChI=1S/C22H30N6O4S.C10H12N5O7P/c1-5-7-17-19-20(27(4)25-17)22(29)24-21(23-19)16-14-15(8-9-18(16)32-6-2)33(30,31)28-12-10-26(3)11-13-28;11-10-13-7-4(8(17)14-10)12-2-15(7)9-5(16)6-3(21-9)1-20-23(18,19)22-6/h8-9,14H,5-7,10-13H2,1-4H3,(H,23,24,29);2-3,5-6,9,16H,1H2,(H,18,19)(H3,11,13,14,17)/t;3-,5-,6-,9-/m.1/s1. The first-order valence-corrected chi connectivity index (χ1v) is 20.7. The van der Waals surface area contributed by atoms with Crippen LogP contribution in [0.25, 0.3) is 33.6 Å². The summed E-state index contributed by atoms with van der Waals surface area (Å²) in [5.74, 6) is 0.601. The molecule has 3 fully saturated rings. The average Bonchev–Trinajstić information content (AvgIpc) is 3.81. The molecule has 1 aromatic carbocycles. The summed E-state index contributed by atoms with van der Waals surface area (Å²) in [6, 6.07) is 4.71. The summed E-state index contributed by atoms with van der Waals surface area (Å²) in [5.41, 5.74) is 6.86. The molecule has 3 aliphatic rings. The number of aliphatic hydroxyl groups is 1. The Morgan fingerprint density at radius 1 is 1.07 bits per heavy atom. The monoisotopic (exact) mass is 819 g/mol. The molecule has 3 aliphatic heterocycles. The Bertz CT molecular complexity index is 2550. The van der Waals surface area contributed by atoms with Gasteiger partial charge >= 0.3 is 7.82 Å². The predicted octanol–water partition coefficient (Wildman–Crippen LogP) is 0.0868. The van der Waals surface area contributed by atoms with Gasteiger partial charge in [0.05, 0.1) is 35.7 Å². The fourth-order valence-corrected chi connectivity index (χ4v) is 9.20. The van der Waals surface area contributed by atoms with Crippen molar-refractivity contribution in [3.05, 3.63) is 50.9 Å². The molecule has 5 atom stereocenters. The fraction of sp³-hybridized carbons (Fsp3) is 0.500. The quantitative estimate of drug-likeness (QED) is 0.130. The number of phosphoric ester groups is 1. The normalized spacial score (nSPS) is 24.6. The first-order chi connectivity index (χ1) is 26.6. The van der Waals surface area contributed by atoms with Crippen LogP contribution >= 0.6 is 7.82 Å². The number of aromatic nitrogens is 8. The molecule has 1 unspecified atom stereocenters. The van der Waals surface area contributed by atoms with Crippen LogP contribution < -0.4 is 21.6 Å². The number of piperazine rings is 1. The van der Waals surface area contributed by atoms with Gasteiger partial charge < -0.3 is 35.1 Å². The molecule has 6 N–H and O–H groups in total. The van der Waals surface area contributed by atoms with Crippen LogP contribution in [0.4, 0.5) is 5.95 Å². The lowest BCUT2D eigenvalue weighted by Gasteiger charge is -2.31. The molecular formula is C32H42N11O11PS. The zero-order valence-corrected chi connectivity index (χ0v) is 32.6. The van der Waals surface area contributed by atoms with Crippen LogP contribution in [0.5, 0.6) is 5.75 Å². The van der Waals surface area contributed by atoms with Crippen LogP contribution in [-0.4, -0.2) is 132 Å². The molecule has 8 rings (SSSR count). The second-order valence-corrected chi connectivity index (χ2v) is 16.7. The molecular weight excluding hydrogens is 777 g/mol. The Balaban J connectivity index is 0.000000182. The van der Waals surface area contributed by atoms with Gasteiger partial charge in [0.1, 0.15) is 35.4 Å². The third kappa shape index (κ3) is 7.48. The largest absolute Gasteiger partial charge is 0.493 e.